The second kappa shape index (κ2) is 8.08. The van der Waals surface area contributed by atoms with Crippen LogP contribution in [-0.2, 0) is 9.59 Å². The smallest absolute Gasteiger partial charge is 0.311 e. The number of aliphatic carboxylic acids is 1. The summed E-state index contributed by atoms with van der Waals surface area (Å²) < 4.78 is 0. The van der Waals surface area contributed by atoms with Crippen LogP contribution in [0.5, 0.6) is 0 Å². The van der Waals surface area contributed by atoms with Crippen LogP contribution in [0.15, 0.2) is 0 Å². The first-order chi connectivity index (χ1) is 8.43. The summed E-state index contributed by atoms with van der Waals surface area (Å²) in [5.74, 6) is -1.08. The minimum atomic E-state index is -0.841. The van der Waals surface area contributed by atoms with Gasteiger partial charge in [-0.3, -0.25) is 9.59 Å². The lowest BCUT2D eigenvalue weighted by atomic mass is 9.82. The van der Waals surface area contributed by atoms with Gasteiger partial charge in [-0.05, 0) is 19.4 Å². The number of hydrogen-bond acceptors (Lipinski definition) is 3. The first-order valence-electron chi connectivity index (χ1n) is 6.65. The molecule has 1 amide bonds. The lowest BCUT2D eigenvalue weighted by Crippen LogP contribution is -2.45. The van der Waals surface area contributed by atoms with Crippen LogP contribution in [0.3, 0.4) is 0 Å². The molecule has 1 atom stereocenters. The minimum absolute atomic E-state index is 0.0940. The van der Waals surface area contributed by atoms with Gasteiger partial charge in [0.25, 0.3) is 0 Å². The summed E-state index contributed by atoms with van der Waals surface area (Å²) in [4.78, 5) is 23.1. The van der Waals surface area contributed by atoms with Gasteiger partial charge in [0.05, 0.1) is 5.41 Å². The second-order valence-electron chi connectivity index (χ2n) is 4.72. The predicted molar refractivity (Wildman–Crippen MR) is 71.4 cm³/mol. The number of hydrogen-bond donors (Lipinski definition) is 3. The van der Waals surface area contributed by atoms with Gasteiger partial charge in [0, 0.05) is 19.0 Å². The number of carbonyl (C=O) groups is 2. The van der Waals surface area contributed by atoms with Crippen molar-refractivity contribution in [1.29, 1.82) is 0 Å². The molecule has 0 radical (unpaired) electrons. The maximum atomic E-state index is 11.8. The highest BCUT2D eigenvalue weighted by atomic mass is 16.4. The van der Waals surface area contributed by atoms with Crippen molar-refractivity contribution in [2.24, 2.45) is 11.3 Å². The summed E-state index contributed by atoms with van der Waals surface area (Å²) in [6.45, 7) is 9.12. The SMILES string of the molecule is CCNCC(C)C(=O)NCC(CC)(CC)C(=O)O. The fourth-order valence-electron chi connectivity index (χ4n) is 1.76. The molecule has 0 aromatic heterocycles. The first-order valence-corrected chi connectivity index (χ1v) is 6.65. The highest BCUT2D eigenvalue weighted by Crippen LogP contribution is 2.25. The van der Waals surface area contributed by atoms with E-state index in [0.717, 1.165) is 6.54 Å². The average molecular weight is 258 g/mol. The Morgan fingerprint density at radius 3 is 2.17 bits per heavy atom. The van der Waals surface area contributed by atoms with Gasteiger partial charge in [-0.2, -0.15) is 0 Å². The Hall–Kier alpha value is -1.10. The molecule has 0 aliphatic rings. The minimum Gasteiger partial charge on any atom is -0.481 e. The van der Waals surface area contributed by atoms with Crippen LogP contribution in [0.25, 0.3) is 0 Å². The monoisotopic (exact) mass is 258 g/mol. The van der Waals surface area contributed by atoms with Crippen molar-refractivity contribution in [3.63, 3.8) is 0 Å². The molecule has 0 heterocycles. The Balaban J connectivity index is 4.36. The van der Waals surface area contributed by atoms with Crippen LogP contribution in [0.4, 0.5) is 0 Å². The van der Waals surface area contributed by atoms with Crippen LogP contribution >= 0.6 is 0 Å². The van der Waals surface area contributed by atoms with Gasteiger partial charge in [0.1, 0.15) is 0 Å². The molecule has 0 bridgehead atoms. The zero-order valence-corrected chi connectivity index (χ0v) is 11.9. The zero-order chi connectivity index (χ0) is 14.2. The van der Waals surface area contributed by atoms with Crippen molar-refractivity contribution in [1.82, 2.24) is 10.6 Å². The summed E-state index contributed by atoms with van der Waals surface area (Å²) in [6.07, 6.45) is 1.03. The second-order valence-corrected chi connectivity index (χ2v) is 4.72. The molecule has 106 valence electrons. The summed E-state index contributed by atoms with van der Waals surface area (Å²) in [6, 6.07) is 0. The van der Waals surface area contributed by atoms with Crippen molar-refractivity contribution >= 4 is 11.9 Å². The van der Waals surface area contributed by atoms with Crippen LogP contribution in [0, 0.1) is 11.3 Å². The van der Waals surface area contributed by atoms with Gasteiger partial charge < -0.3 is 15.7 Å². The van der Waals surface area contributed by atoms with E-state index in [2.05, 4.69) is 10.6 Å². The molecule has 0 spiro atoms. The molecule has 0 saturated carbocycles. The lowest BCUT2D eigenvalue weighted by Gasteiger charge is -2.27. The van der Waals surface area contributed by atoms with Crippen LogP contribution in [-0.4, -0.2) is 36.6 Å². The molecular weight excluding hydrogens is 232 g/mol. The Labute approximate surface area is 109 Å². The van der Waals surface area contributed by atoms with E-state index in [0.29, 0.717) is 19.4 Å². The Bertz CT molecular complexity index is 275. The van der Waals surface area contributed by atoms with E-state index in [1.807, 2.05) is 27.7 Å². The van der Waals surface area contributed by atoms with Gasteiger partial charge in [-0.25, -0.2) is 0 Å². The van der Waals surface area contributed by atoms with Crippen molar-refractivity contribution in [2.75, 3.05) is 19.6 Å². The summed E-state index contributed by atoms with van der Waals surface area (Å²) >= 11 is 0. The van der Waals surface area contributed by atoms with Crippen LogP contribution in [0.2, 0.25) is 0 Å². The number of carbonyl (C=O) groups excluding carboxylic acids is 1. The van der Waals surface area contributed by atoms with E-state index in [9.17, 15) is 14.7 Å². The molecule has 0 rings (SSSR count). The van der Waals surface area contributed by atoms with Gasteiger partial charge in [0.2, 0.25) is 5.91 Å². The topological polar surface area (TPSA) is 78.4 Å². The summed E-state index contributed by atoms with van der Waals surface area (Å²) in [7, 11) is 0. The van der Waals surface area contributed by atoms with Gasteiger partial charge >= 0.3 is 5.97 Å². The quantitative estimate of drug-likeness (QED) is 0.581. The fraction of sp³-hybridized carbons (Fsp3) is 0.846. The molecule has 0 aromatic rings. The Morgan fingerprint density at radius 1 is 1.22 bits per heavy atom. The maximum Gasteiger partial charge on any atom is 0.311 e. The molecule has 0 saturated heterocycles. The maximum absolute atomic E-state index is 11.8. The first kappa shape index (κ1) is 16.9. The summed E-state index contributed by atoms with van der Waals surface area (Å²) in [5, 5.41) is 15.1. The molecule has 0 aliphatic heterocycles. The van der Waals surface area contributed by atoms with Crippen LogP contribution in [0.1, 0.15) is 40.5 Å². The normalized spacial score (nSPS) is 13.1. The van der Waals surface area contributed by atoms with Gasteiger partial charge in [0.15, 0.2) is 0 Å². The van der Waals surface area contributed by atoms with E-state index in [1.165, 1.54) is 0 Å². The van der Waals surface area contributed by atoms with Crippen molar-refractivity contribution in [3.05, 3.63) is 0 Å². The van der Waals surface area contributed by atoms with Crippen LogP contribution < -0.4 is 10.6 Å². The zero-order valence-electron chi connectivity index (χ0n) is 11.9. The van der Waals surface area contributed by atoms with Crippen molar-refractivity contribution in [2.45, 2.75) is 40.5 Å². The molecule has 1 unspecified atom stereocenters. The Kier molecular flexibility index (Phi) is 7.59. The number of carboxylic acids is 1. The van der Waals surface area contributed by atoms with Crippen molar-refractivity contribution < 1.29 is 14.7 Å². The number of carboxylic acid groups (broad SMARTS) is 1. The third-order valence-corrected chi connectivity index (χ3v) is 3.56. The third-order valence-electron chi connectivity index (χ3n) is 3.56. The molecule has 5 heteroatoms. The predicted octanol–water partition coefficient (Wildman–Crippen LogP) is 1.24. The summed E-state index contributed by atoms with van der Waals surface area (Å²) in [5.41, 5.74) is -0.840. The standard InChI is InChI=1S/C13H26N2O3/c1-5-13(6-2,12(17)18)9-15-11(16)10(4)8-14-7-3/h10,14H,5-9H2,1-4H3,(H,15,16)(H,17,18). The highest BCUT2D eigenvalue weighted by Gasteiger charge is 2.35. The van der Waals surface area contributed by atoms with E-state index < -0.39 is 11.4 Å². The molecule has 3 N–H and O–H groups in total. The highest BCUT2D eigenvalue weighted by molar-refractivity contribution is 5.80. The number of rotatable bonds is 9. The molecular formula is C13H26N2O3. The molecule has 0 fully saturated rings. The van der Waals surface area contributed by atoms with Crippen molar-refractivity contribution in [3.8, 4) is 0 Å². The lowest BCUT2D eigenvalue weighted by molar-refractivity contribution is -0.149. The molecule has 18 heavy (non-hydrogen) atoms. The van der Waals surface area contributed by atoms with E-state index in [-0.39, 0.29) is 18.4 Å². The van der Waals surface area contributed by atoms with E-state index >= 15 is 0 Å². The Morgan fingerprint density at radius 2 is 1.78 bits per heavy atom. The number of amides is 1. The van der Waals surface area contributed by atoms with Gasteiger partial charge in [-0.15, -0.1) is 0 Å². The fourth-order valence-corrected chi connectivity index (χ4v) is 1.76. The third kappa shape index (κ3) is 4.64. The van der Waals surface area contributed by atoms with E-state index in [4.69, 9.17) is 0 Å². The molecule has 5 nitrogen and oxygen atoms in total. The van der Waals surface area contributed by atoms with E-state index in [1.54, 1.807) is 0 Å². The number of nitrogens with one attached hydrogen (secondary N) is 2. The van der Waals surface area contributed by atoms with Gasteiger partial charge in [-0.1, -0.05) is 27.7 Å². The largest absolute Gasteiger partial charge is 0.481 e. The molecule has 0 aromatic carbocycles. The molecule has 0 aliphatic carbocycles. The average Bonchev–Trinajstić information content (AvgIpc) is 2.36.